The van der Waals surface area contributed by atoms with Gasteiger partial charge in [-0.2, -0.15) is 0 Å². The molecule has 2 rings (SSSR count). The molecule has 6 heteroatoms. The molecular weight excluding hydrogens is 208 g/mol. The van der Waals surface area contributed by atoms with Crippen LogP contribution in [0.2, 0.25) is 0 Å². The van der Waals surface area contributed by atoms with E-state index in [4.69, 9.17) is 0 Å². The van der Waals surface area contributed by atoms with Crippen molar-refractivity contribution < 1.29 is 4.92 Å². The number of imidazole rings is 1. The molecule has 0 radical (unpaired) electrons. The van der Waals surface area contributed by atoms with Gasteiger partial charge in [-0.05, 0) is 29.0 Å². The van der Waals surface area contributed by atoms with Crippen LogP contribution in [0.3, 0.4) is 0 Å². The van der Waals surface area contributed by atoms with Gasteiger partial charge in [0.15, 0.2) is 0 Å². The summed E-state index contributed by atoms with van der Waals surface area (Å²) in [6, 6.07) is 4.12. The summed E-state index contributed by atoms with van der Waals surface area (Å²) >= 11 is 0. The van der Waals surface area contributed by atoms with Crippen LogP contribution in [0.1, 0.15) is 5.69 Å². The van der Waals surface area contributed by atoms with Crippen LogP contribution in [0.4, 0.5) is 5.82 Å². The van der Waals surface area contributed by atoms with E-state index in [1.54, 1.807) is 7.05 Å². The summed E-state index contributed by atoms with van der Waals surface area (Å²) in [5.74, 6) is -0.113. The molecule has 0 unspecified atom stereocenters. The molecule has 0 aliphatic heterocycles. The van der Waals surface area contributed by atoms with Crippen molar-refractivity contribution in [1.29, 1.82) is 0 Å². The van der Waals surface area contributed by atoms with Crippen LogP contribution in [-0.2, 0) is 14.1 Å². The van der Waals surface area contributed by atoms with Crippen molar-refractivity contribution in [3.05, 3.63) is 46.7 Å². The summed E-state index contributed by atoms with van der Waals surface area (Å²) in [6.07, 6.45) is 4.77. The fourth-order valence-electron chi connectivity index (χ4n) is 1.04. The van der Waals surface area contributed by atoms with E-state index in [1.165, 1.54) is 22.8 Å². The van der Waals surface area contributed by atoms with Crippen LogP contribution < -0.4 is 0 Å². The molecule has 86 valence electrons. The lowest BCUT2D eigenvalue weighted by molar-refractivity contribution is -0.389. The Balaban J connectivity index is 0.000000165. The molecule has 0 spiro atoms. The predicted molar refractivity (Wildman–Crippen MR) is 60.0 cm³/mol. The number of nitro groups is 1. The summed E-state index contributed by atoms with van der Waals surface area (Å²) < 4.78 is 3.61. The molecule has 0 bridgehead atoms. The minimum absolute atomic E-state index is 0.113. The van der Waals surface area contributed by atoms with E-state index in [2.05, 4.69) is 22.5 Å². The van der Waals surface area contributed by atoms with E-state index < -0.39 is 4.92 Å². The minimum atomic E-state index is -0.528. The van der Waals surface area contributed by atoms with E-state index in [1.807, 2.05) is 19.3 Å². The Morgan fingerprint density at radius 2 is 2.12 bits per heavy atom. The average molecular weight is 222 g/mol. The Morgan fingerprint density at radius 3 is 2.31 bits per heavy atom. The highest BCUT2D eigenvalue weighted by Crippen LogP contribution is 2.02. The van der Waals surface area contributed by atoms with Crippen LogP contribution >= 0.6 is 0 Å². The largest absolute Gasteiger partial charge is 0.381 e. The van der Waals surface area contributed by atoms with Crippen molar-refractivity contribution in [2.45, 2.75) is 6.92 Å². The highest BCUT2D eigenvalue weighted by Gasteiger charge is 2.05. The SMILES string of the molecule is Cc1cccn1C.Cn1cnc([N+](=O)[O-])c1. The first-order valence-electron chi connectivity index (χ1n) is 4.71. The van der Waals surface area contributed by atoms with E-state index in [0.29, 0.717) is 0 Å². The molecule has 0 aromatic carbocycles. The Morgan fingerprint density at radius 1 is 1.44 bits per heavy atom. The normalized spacial score (nSPS) is 9.44. The van der Waals surface area contributed by atoms with Crippen LogP contribution in [0, 0.1) is 17.0 Å². The lowest BCUT2D eigenvalue weighted by Gasteiger charge is -1.89. The van der Waals surface area contributed by atoms with Gasteiger partial charge in [0.2, 0.25) is 6.33 Å². The molecule has 0 amide bonds. The molecular formula is C10H14N4O2. The van der Waals surface area contributed by atoms with Gasteiger partial charge in [0.1, 0.15) is 6.20 Å². The highest BCUT2D eigenvalue weighted by molar-refractivity contribution is 5.11. The van der Waals surface area contributed by atoms with Crippen LogP contribution in [0.25, 0.3) is 0 Å². The van der Waals surface area contributed by atoms with E-state index in [-0.39, 0.29) is 5.82 Å². The van der Waals surface area contributed by atoms with Crippen molar-refractivity contribution in [2.24, 2.45) is 14.1 Å². The standard InChI is InChI=1S/C6H9N.C4H5N3O2/c1-6-4-3-5-7(6)2;1-6-2-4(5-3-6)7(8)9/h3-5H,1-2H3;2-3H,1H3. The number of hydrogen-bond donors (Lipinski definition) is 0. The van der Waals surface area contributed by atoms with Gasteiger partial charge in [-0.25, -0.2) is 0 Å². The third-order valence-electron chi connectivity index (χ3n) is 2.08. The maximum absolute atomic E-state index is 9.94. The lowest BCUT2D eigenvalue weighted by atomic mass is 10.5. The maximum Gasteiger partial charge on any atom is 0.381 e. The number of aryl methyl sites for hydroxylation is 3. The smallest absolute Gasteiger partial charge is 0.358 e. The summed E-state index contributed by atoms with van der Waals surface area (Å²) in [5, 5.41) is 9.94. The van der Waals surface area contributed by atoms with Crippen molar-refractivity contribution in [3.63, 3.8) is 0 Å². The van der Waals surface area contributed by atoms with Gasteiger partial charge in [0.05, 0.1) is 0 Å². The Kier molecular flexibility index (Phi) is 3.82. The summed E-state index contributed by atoms with van der Waals surface area (Å²) in [6.45, 7) is 2.08. The number of rotatable bonds is 1. The van der Waals surface area contributed by atoms with Gasteiger partial charge in [-0.15, -0.1) is 0 Å². The average Bonchev–Trinajstić information content (AvgIpc) is 2.78. The Hall–Kier alpha value is -2.11. The van der Waals surface area contributed by atoms with Gasteiger partial charge in [-0.1, -0.05) is 0 Å². The zero-order valence-electron chi connectivity index (χ0n) is 9.49. The first kappa shape index (κ1) is 12.0. The van der Waals surface area contributed by atoms with Crippen molar-refractivity contribution in [1.82, 2.24) is 14.1 Å². The van der Waals surface area contributed by atoms with E-state index in [0.717, 1.165) is 0 Å². The second-order valence-corrected chi connectivity index (χ2v) is 3.41. The zero-order chi connectivity index (χ0) is 12.1. The molecule has 0 fully saturated rings. The molecule has 0 N–H and O–H groups in total. The molecule has 2 aromatic rings. The van der Waals surface area contributed by atoms with Crippen molar-refractivity contribution in [2.75, 3.05) is 0 Å². The summed E-state index contributed by atoms with van der Waals surface area (Å²) in [7, 11) is 3.72. The van der Waals surface area contributed by atoms with Crippen LogP contribution in [0.5, 0.6) is 0 Å². The third kappa shape index (κ3) is 3.23. The number of aromatic nitrogens is 3. The molecule has 16 heavy (non-hydrogen) atoms. The fraction of sp³-hybridized carbons (Fsp3) is 0.300. The second-order valence-electron chi connectivity index (χ2n) is 3.41. The molecule has 2 aromatic heterocycles. The number of nitrogens with zero attached hydrogens (tertiary/aromatic N) is 4. The molecule has 0 aliphatic rings. The topological polar surface area (TPSA) is 65.9 Å². The van der Waals surface area contributed by atoms with E-state index in [9.17, 15) is 10.1 Å². The first-order valence-corrected chi connectivity index (χ1v) is 4.71. The quantitative estimate of drug-likeness (QED) is 0.544. The second kappa shape index (κ2) is 5.11. The predicted octanol–water partition coefficient (Wildman–Crippen LogP) is 1.66. The van der Waals surface area contributed by atoms with E-state index >= 15 is 0 Å². The van der Waals surface area contributed by atoms with Crippen LogP contribution in [-0.4, -0.2) is 19.0 Å². The Bertz CT molecular complexity index is 456. The van der Waals surface area contributed by atoms with Gasteiger partial charge in [0, 0.05) is 26.0 Å². The Labute approximate surface area is 93.3 Å². The summed E-state index contributed by atoms with van der Waals surface area (Å²) in [4.78, 5) is 12.9. The van der Waals surface area contributed by atoms with Gasteiger partial charge < -0.3 is 19.2 Å². The highest BCUT2D eigenvalue weighted by atomic mass is 16.6. The monoisotopic (exact) mass is 222 g/mol. The van der Waals surface area contributed by atoms with Crippen molar-refractivity contribution >= 4 is 5.82 Å². The van der Waals surface area contributed by atoms with Gasteiger partial charge in [0.25, 0.3) is 0 Å². The summed E-state index contributed by atoms with van der Waals surface area (Å²) in [5.41, 5.74) is 1.31. The number of hydrogen-bond acceptors (Lipinski definition) is 3. The molecule has 2 heterocycles. The fourth-order valence-corrected chi connectivity index (χ4v) is 1.04. The maximum atomic E-state index is 9.94. The molecule has 0 atom stereocenters. The molecule has 0 saturated carbocycles. The lowest BCUT2D eigenvalue weighted by Crippen LogP contribution is -1.86. The molecule has 0 aliphatic carbocycles. The minimum Gasteiger partial charge on any atom is -0.358 e. The van der Waals surface area contributed by atoms with Gasteiger partial charge in [-0.3, -0.25) is 0 Å². The van der Waals surface area contributed by atoms with Gasteiger partial charge >= 0.3 is 5.82 Å². The first-order chi connectivity index (χ1) is 7.50. The zero-order valence-corrected chi connectivity index (χ0v) is 9.49. The molecule has 0 saturated heterocycles. The molecule has 6 nitrogen and oxygen atoms in total. The third-order valence-corrected chi connectivity index (χ3v) is 2.08. The van der Waals surface area contributed by atoms with Crippen LogP contribution in [0.15, 0.2) is 30.9 Å². The van der Waals surface area contributed by atoms with Crippen molar-refractivity contribution in [3.8, 4) is 0 Å².